The first-order valence-corrected chi connectivity index (χ1v) is 9.43. The van der Waals surface area contributed by atoms with E-state index in [2.05, 4.69) is 5.32 Å². The number of nitro groups is 1. The lowest BCUT2D eigenvalue weighted by Crippen LogP contribution is -2.17. The van der Waals surface area contributed by atoms with E-state index in [0.29, 0.717) is 16.1 Å². The van der Waals surface area contributed by atoms with E-state index in [-0.39, 0.29) is 10.7 Å². The van der Waals surface area contributed by atoms with E-state index in [1.54, 1.807) is 6.07 Å². The van der Waals surface area contributed by atoms with Gasteiger partial charge < -0.3 is 11.1 Å². The maximum Gasteiger partial charge on any atom is 0.288 e. The molecule has 140 valence electrons. The number of carbonyl (C=O) groups is 2. The summed E-state index contributed by atoms with van der Waals surface area (Å²) >= 11 is 7.15. The van der Waals surface area contributed by atoms with Crippen molar-refractivity contribution in [1.29, 1.82) is 0 Å². The fourth-order valence-corrected chi connectivity index (χ4v) is 4.50. The van der Waals surface area contributed by atoms with Crippen LogP contribution in [0.5, 0.6) is 0 Å². The van der Waals surface area contributed by atoms with Crippen LogP contribution in [-0.4, -0.2) is 16.7 Å². The molecule has 0 saturated heterocycles. The fraction of sp³-hybridized carbons (Fsp3) is 0.222. The van der Waals surface area contributed by atoms with Crippen molar-refractivity contribution in [2.45, 2.75) is 25.7 Å². The molecule has 0 spiro atoms. The molecule has 0 aliphatic heterocycles. The van der Waals surface area contributed by atoms with Crippen molar-refractivity contribution in [3.63, 3.8) is 0 Å². The zero-order valence-corrected chi connectivity index (χ0v) is 15.7. The monoisotopic (exact) mass is 405 g/mol. The van der Waals surface area contributed by atoms with Gasteiger partial charge in [0.2, 0.25) is 5.91 Å². The minimum atomic E-state index is -0.588. The normalized spacial score (nSPS) is 13.4. The molecular formula is C18H16ClN3O4S. The number of rotatable bonds is 5. The molecular weight excluding hydrogens is 390 g/mol. The van der Waals surface area contributed by atoms with E-state index in [0.717, 1.165) is 36.1 Å². The molecule has 0 unspecified atom stereocenters. The summed E-state index contributed by atoms with van der Waals surface area (Å²) in [4.78, 5) is 35.5. The summed E-state index contributed by atoms with van der Waals surface area (Å²) in [5.41, 5.74) is 7.05. The van der Waals surface area contributed by atoms with Crippen LogP contribution >= 0.6 is 22.9 Å². The second-order valence-electron chi connectivity index (χ2n) is 6.07. The summed E-state index contributed by atoms with van der Waals surface area (Å²) in [6, 6.07) is 4.25. The first kappa shape index (κ1) is 19.1. The molecule has 2 aromatic rings. The highest BCUT2D eigenvalue weighted by Gasteiger charge is 2.24. The number of aryl methyl sites for hydroxylation is 1. The number of nitrogens with one attached hydrogen (secondary N) is 1. The zero-order valence-electron chi connectivity index (χ0n) is 14.2. The lowest BCUT2D eigenvalue weighted by Gasteiger charge is -2.11. The number of nitro benzene ring substituents is 1. The van der Waals surface area contributed by atoms with Crippen molar-refractivity contribution in [3.8, 4) is 0 Å². The van der Waals surface area contributed by atoms with Crippen LogP contribution in [-0.2, 0) is 17.6 Å². The van der Waals surface area contributed by atoms with Crippen molar-refractivity contribution in [2.75, 3.05) is 5.32 Å². The molecule has 7 nitrogen and oxygen atoms in total. The first-order chi connectivity index (χ1) is 12.9. The largest absolute Gasteiger partial charge is 0.365 e. The number of primary amides is 1. The van der Waals surface area contributed by atoms with Crippen LogP contribution in [0.15, 0.2) is 24.3 Å². The molecule has 1 aliphatic rings. The molecule has 1 aromatic carbocycles. The highest BCUT2D eigenvalue weighted by atomic mass is 35.5. The second-order valence-corrected chi connectivity index (χ2v) is 7.58. The Balaban J connectivity index is 1.79. The Kier molecular flexibility index (Phi) is 5.57. The molecule has 3 N–H and O–H groups in total. The molecule has 9 heteroatoms. The second kappa shape index (κ2) is 7.89. The molecule has 1 heterocycles. The van der Waals surface area contributed by atoms with Gasteiger partial charge in [0.1, 0.15) is 10.0 Å². The highest BCUT2D eigenvalue weighted by Crippen LogP contribution is 2.37. The number of benzene rings is 1. The molecule has 27 heavy (non-hydrogen) atoms. The van der Waals surface area contributed by atoms with Gasteiger partial charge in [-0.3, -0.25) is 19.7 Å². The summed E-state index contributed by atoms with van der Waals surface area (Å²) in [5.74, 6) is -1.00. The molecule has 1 aromatic heterocycles. The first-order valence-electron chi connectivity index (χ1n) is 8.24. The maximum absolute atomic E-state index is 12.3. The minimum Gasteiger partial charge on any atom is -0.365 e. The lowest BCUT2D eigenvalue weighted by atomic mass is 9.95. The average molecular weight is 406 g/mol. The molecule has 3 rings (SSSR count). The number of anilines is 1. The van der Waals surface area contributed by atoms with Gasteiger partial charge in [0.25, 0.3) is 11.6 Å². The molecule has 0 radical (unpaired) electrons. The van der Waals surface area contributed by atoms with Gasteiger partial charge in [0.15, 0.2) is 0 Å². The van der Waals surface area contributed by atoms with Crippen molar-refractivity contribution in [1.82, 2.24) is 0 Å². The number of hydrogen-bond acceptors (Lipinski definition) is 5. The van der Waals surface area contributed by atoms with E-state index in [4.69, 9.17) is 17.3 Å². The molecule has 0 fully saturated rings. The number of nitrogens with two attached hydrogens (primary N) is 1. The Labute approximate surface area is 164 Å². The Morgan fingerprint density at radius 3 is 2.74 bits per heavy atom. The number of halogens is 1. The molecule has 1 aliphatic carbocycles. The van der Waals surface area contributed by atoms with E-state index in [1.165, 1.54) is 35.6 Å². The number of fused-ring (bicyclic) bond motifs is 1. The molecule has 2 amide bonds. The van der Waals surface area contributed by atoms with Crippen LogP contribution in [0.3, 0.4) is 0 Å². The van der Waals surface area contributed by atoms with Crippen LogP contribution < -0.4 is 11.1 Å². The third-order valence-electron chi connectivity index (χ3n) is 4.25. The van der Waals surface area contributed by atoms with E-state index in [9.17, 15) is 19.7 Å². The SMILES string of the molecule is NC(=O)c1c(NC(=O)/C=C/c2ccc(Cl)c([N+](=O)[O-])c2)sc2c1CCCC2. The summed E-state index contributed by atoms with van der Waals surface area (Å²) in [7, 11) is 0. The topological polar surface area (TPSA) is 115 Å². The minimum absolute atomic E-state index is 0.0249. The van der Waals surface area contributed by atoms with Gasteiger partial charge >= 0.3 is 0 Å². The lowest BCUT2D eigenvalue weighted by molar-refractivity contribution is -0.384. The molecule has 0 bridgehead atoms. The number of amides is 2. The maximum atomic E-state index is 12.3. The van der Waals surface area contributed by atoms with Crippen LogP contribution in [0.4, 0.5) is 10.7 Å². The van der Waals surface area contributed by atoms with Gasteiger partial charge in [-0.15, -0.1) is 11.3 Å². The summed E-state index contributed by atoms with van der Waals surface area (Å²) in [5, 5.41) is 14.1. The quantitative estimate of drug-likeness (QED) is 0.445. The van der Waals surface area contributed by atoms with Gasteiger partial charge in [0.05, 0.1) is 10.5 Å². The van der Waals surface area contributed by atoms with Gasteiger partial charge in [-0.05, 0) is 49.0 Å². The van der Waals surface area contributed by atoms with Crippen LogP contribution in [0, 0.1) is 10.1 Å². The smallest absolute Gasteiger partial charge is 0.288 e. The van der Waals surface area contributed by atoms with Crippen molar-refractivity contribution in [3.05, 3.63) is 61.0 Å². The van der Waals surface area contributed by atoms with Crippen LogP contribution in [0.2, 0.25) is 5.02 Å². The summed E-state index contributed by atoms with van der Waals surface area (Å²) in [6.07, 6.45) is 6.39. The fourth-order valence-electron chi connectivity index (χ4n) is 3.01. The standard InChI is InChI=1S/C18H16ClN3O4S/c19-12-7-5-10(9-13(12)22(25)26)6-8-15(23)21-18-16(17(20)24)11-3-1-2-4-14(11)27-18/h5-9H,1-4H2,(H2,20,24)(H,21,23)/b8-6+. The van der Waals surface area contributed by atoms with Gasteiger partial charge in [-0.25, -0.2) is 0 Å². The summed E-state index contributed by atoms with van der Waals surface area (Å²) in [6.45, 7) is 0. The van der Waals surface area contributed by atoms with Crippen LogP contribution in [0.25, 0.3) is 6.08 Å². The Bertz CT molecular complexity index is 968. The highest BCUT2D eigenvalue weighted by molar-refractivity contribution is 7.17. The Hall–Kier alpha value is -2.71. The van der Waals surface area contributed by atoms with Crippen molar-refractivity contribution < 1.29 is 14.5 Å². The average Bonchev–Trinajstić information content (AvgIpc) is 2.98. The Morgan fingerprint density at radius 2 is 2.04 bits per heavy atom. The Morgan fingerprint density at radius 1 is 1.30 bits per heavy atom. The zero-order chi connectivity index (χ0) is 19.6. The third-order valence-corrected chi connectivity index (χ3v) is 5.78. The third kappa shape index (κ3) is 4.17. The van der Waals surface area contributed by atoms with Gasteiger partial charge in [-0.1, -0.05) is 17.7 Å². The van der Waals surface area contributed by atoms with E-state index < -0.39 is 16.7 Å². The van der Waals surface area contributed by atoms with E-state index in [1.807, 2.05) is 0 Å². The molecule has 0 saturated carbocycles. The predicted molar refractivity (Wildman–Crippen MR) is 105 cm³/mol. The summed E-state index contributed by atoms with van der Waals surface area (Å²) < 4.78 is 0. The van der Waals surface area contributed by atoms with E-state index >= 15 is 0 Å². The predicted octanol–water partition coefficient (Wildman–Crippen LogP) is 3.94. The number of hydrogen-bond donors (Lipinski definition) is 2. The number of thiophene rings is 1. The molecule has 0 atom stereocenters. The van der Waals surface area contributed by atoms with Crippen molar-refractivity contribution in [2.24, 2.45) is 5.73 Å². The van der Waals surface area contributed by atoms with Crippen LogP contribution in [0.1, 0.15) is 39.2 Å². The van der Waals surface area contributed by atoms with Gasteiger partial charge in [-0.2, -0.15) is 0 Å². The van der Waals surface area contributed by atoms with Gasteiger partial charge in [0, 0.05) is 17.0 Å². The van der Waals surface area contributed by atoms with Crippen molar-refractivity contribution >= 4 is 51.5 Å². The number of nitrogens with zero attached hydrogens (tertiary/aromatic N) is 1. The number of carbonyl (C=O) groups excluding carboxylic acids is 2.